The maximum Gasteiger partial charge on any atom is 0.417 e. The first-order valence-corrected chi connectivity index (χ1v) is 10.2. The molecule has 1 unspecified atom stereocenters. The molecule has 0 saturated carbocycles. The number of fused-ring (bicyclic) bond motifs is 1. The topological polar surface area (TPSA) is 83.9 Å². The first-order valence-electron chi connectivity index (χ1n) is 10.2. The van der Waals surface area contributed by atoms with Gasteiger partial charge in [-0.3, -0.25) is 15.1 Å². The summed E-state index contributed by atoms with van der Waals surface area (Å²) in [5.41, 5.74) is 1.07. The lowest BCUT2D eigenvalue weighted by molar-refractivity contribution is -0.137. The SMILES string of the molecule is CN1C(=O)C(NC(=O)OCc2ccccc2)N=C(c2ccc(C(F)(F)F)cn2)c2ccccc21. The highest BCUT2D eigenvalue weighted by atomic mass is 19.4. The number of alkyl carbamates (subject to hydrolysis) is 1. The number of ether oxygens (including phenoxy) is 1. The number of aromatic nitrogens is 1. The average molecular weight is 468 g/mol. The van der Waals surface area contributed by atoms with Gasteiger partial charge in [-0.1, -0.05) is 48.5 Å². The first-order chi connectivity index (χ1) is 16.2. The van der Waals surface area contributed by atoms with Crippen LogP contribution in [0.3, 0.4) is 0 Å². The minimum Gasteiger partial charge on any atom is -0.445 e. The Morgan fingerprint density at radius 3 is 2.44 bits per heavy atom. The van der Waals surface area contributed by atoms with Gasteiger partial charge in [0.15, 0.2) is 0 Å². The Morgan fingerprint density at radius 2 is 1.76 bits per heavy atom. The highest BCUT2D eigenvalue weighted by molar-refractivity contribution is 6.19. The number of nitrogens with zero attached hydrogens (tertiary/aromatic N) is 3. The molecule has 2 amide bonds. The third kappa shape index (κ3) is 4.90. The van der Waals surface area contributed by atoms with Crippen LogP contribution in [0.1, 0.15) is 22.4 Å². The number of amides is 2. The van der Waals surface area contributed by atoms with Crippen LogP contribution in [0.2, 0.25) is 0 Å². The van der Waals surface area contributed by atoms with E-state index >= 15 is 0 Å². The van der Waals surface area contributed by atoms with Gasteiger partial charge in [0.2, 0.25) is 6.17 Å². The quantitative estimate of drug-likeness (QED) is 0.623. The van der Waals surface area contributed by atoms with Gasteiger partial charge in [-0.25, -0.2) is 9.79 Å². The second kappa shape index (κ2) is 9.34. The Morgan fingerprint density at radius 1 is 1.06 bits per heavy atom. The van der Waals surface area contributed by atoms with Gasteiger partial charge >= 0.3 is 12.3 Å². The highest BCUT2D eigenvalue weighted by Crippen LogP contribution is 2.30. The molecule has 1 aromatic heterocycles. The summed E-state index contributed by atoms with van der Waals surface area (Å²) in [5.74, 6) is -0.550. The van der Waals surface area contributed by atoms with Gasteiger partial charge in [0.1, 0.15) is 6.61 Å². The number of alkyl halides is 3. The summed E-state index contributed by atoms with van der Waals surface area (Å²) in [6, 6.07) is 17.8. The summed E-state index contributed by atoms with van der Waals surface area (Å²) < 4.78 is 44.2. The van der Waals surface area contributed by atoms with E-state index in [4.69, 9.17) is 4.74 Å². The molecule has 1 N–H and O–H groups in total. The molecule has 1 aliphatic rings. The number of benzodiazepines with no additional fused rings is 1. The molecule has 0 fully saturated rings. The van der Waals surface area contributed by atoms with Crippen molar-refractivity contribution in [3.8, 4) is 0 Å². The third-order valence-electron chi connectivity index (χ3n) is 5.14. The molecule has 174 valence electrons. The maximum absolute atomic E-state index is 13.1. The van der Waals surface area contributed by atoms with Crippen molar-refractivity contribution in [2.24, 2.45) is 4.99 Å². The van der Waals surface area contributed by atoms with E-state index in [2.05, 4.69) is 15.3 Å². The smallest absolute Gasteiger partial charge is 0.417 e. The van der Waals surface area contributed by atoms with Crippen LogP contribution < -0.4 is 10.2 Å². The number of pyridine rings is 1. The second-order valence-corrected chi connectivity index (χ2v) is 7.43. The number of para-hydroxylation sites is 1. The lowest BCUT2D eigenvalue weighted by atomic mass is 10.0. The van der Waals surface area contributed by atoms with Crippen LogP contribution in [0.5, 0.6) is 0 Å². The molecular weight excluding hydrogens is 449 g/mol. The summed E-state index contributed by atoms with van der Waals surface area (Å²) in [4.78, 5) is 35.1. The van der Waals surface area contributed by atoms with Crippen molar-refractivity contribution in [3.05, 3.63) is 95.3 Å². The van der Waals surface area contributed by atoms with E-state index in [-0.39, 0.29) is 18.0 Å². The minimum absolute atomic E-state index is 0.0132. The molecule has 2 aromatic carbocycles. The molecule has 0 aliphatic carbocycles. The molecule has 0 radical (unpaired) electrons. The highest BCUT2D eigenvalue weighted by Gasteiger charge is 2.33. The van der Waals surface area contributed by atoms with Gasteiger partial charge in [0.25, 0.3) is 5.91 Å². The lowest BCUT2D eigenvalue weighted by Gasteiger charge is -2.20. The Labute approximate surface area is 192 Å². The van der Waals surface area contributed by atoms with Gasteiger partial charge in [0, 0.05) is 18.8 Å². The summed E-state index contributed by atoms with van der Waals surface area (Å²) in [5, 5.41) is 2.43. The number of anilines is 1. The fraction of sp³-hybridized carbons (Fsp3) is 0.167. The zero-order valence-electron chi connectivity index (χ0n) is 17.9. The normalized spacial score (nSPS) is 15.8. The van der Waals surface area contributed by atoms with Gasteiger partial charge in [-0.05, 0) is 23.8 Å². The molecule has 10 heteroatoms. The molecule has 0 spiro atoms. The van der Waals surface area contributed by atoms with E-state index in [9.17, 15) is 22.8 Å². The number of benzene rings is 2. The maximum atomic E-state index is 13.1. The first kappa shape index (κ1) is 23.0. The molecule has 2 heterocycles. The predicted octanol–water partition coefficient (Wildman–Crippen LogP) is 4.17. The van der Waals surface area contributed by atoms with Gasteiger partial charge < -0.3 is 9.64 Å². The van der Waals surface area contributed by atoms with E-state index in [0.717, 1.165) is 11.6 Å². The van der Waals surface area contributed by atoms with Gasteiger partial charge in [-0.15, -0.1) is 0 Å². The van der Waals surface area contributed by atoms with Gasteiger partial charge in [-0.2, -0.15) is 13.2 Å². The van der Waals surface area contributed by atoms with Crippen LogP contribution in [-0.4, -0.2) is 35.9 Å². The molecule has 1 atom stereocenters. The van der Waals surface area contributed by atoms with Crippen molar-refractivity contribution in [2.45, 2.75) is 18.9 Å². The molecule has 0 bridgehead atoms. The summed E-state index contributed by atoms with van der Waals surface area (Å²) >= 11 is 0. The van der Waals surface area contributed by atoms with Crippen molar-refractivity contribution < 1.29 is 27.5 Å². The second-order valence-electron chi connectivity index (χ2n) is 7.43. The van der Waals surface area contributed by atoms with E-state index in [1.54, 1.807) is 48.5 Å². The van der Waals surface area contributed by atoms with E-state index in [1.165, 1.54) is 18.0 Å². The fourth-order valence-electron chi connectivity index (χ4n) is 3.40. The zero-order valence-corrected chi connectivity index (χ0v) is 17.9. The van der Waals surface area contributed by atoms with E-state index in [0.29, 0.717) is 17.4 Å². The molecule has 1 aliphatic heterocycles. The number of nitrogens with one attached hydrogen (secondary N) is 1. The number of likely N-dealkylation sites (N-methyl/N-ethyl adjacent to an activating group) is 1. The fourth-order valence-corrected chi connectivity index (χ4v) is 3.40. The Bertz CT molecular complexity index is 1230. The van der Waals surface area contributed by atoms with Crippen LogP contribution >= 0.6 is 0 Å². The largest absolute Gasteiger partial charge is 0.445 e. The van der Waals surface area contributed by atoms with Crippen LogP contribution in [0, 0.1) is 0 Å². The van der Waals surface area contributed by atoms with E-state index < -0.39 is 29.9 Å². The van der Waals surface area contributed by atoms with Crippen LogP contribution in [-0.2, 0) is 22.3 Å². The summed E-state index contributed by atoms with van der Waals surface area (Å²) in [7, 11) is 1.52. The Hall–Kier alpha value is -4.21. The third-order valence-corrected chi connectivity index (χ3v) is 5.14. The zero-order chi connectivity index (χ0) is 24.3. The van der Waals surface area contributed by atoms with Crippen molar-refractivity contribution in [3.63, 3.8) is 0 Å². The average Bonchev–Trinajstić information content (AvgIpc) is 2.94. The van der Waals surface area contributed by atoms with Crippen molar-refractivity contribution in [2.75, 3.05) is 11.9 Å². The number of rotatable bonds is 4. The monoisotopic (exact) mass is 468 g/mol. The standard InChI is InChI=1S/C24H19F3N4O3/c1-31-19-10-6-5-9-17(19)20(18-12-11-16(13-28-18)24(25,26)27)29-21(22(31)32)30-23(33)34-14-15-7-3-2-4-8-15/h2-13,21H,14H2,1H3,(H,30,33). The Balaban J connectivity index is 1.65. The van der Waals surface area contributed by atoms with Crippen molar-refractivity contribution >= 4 is 23.4 Å². The number of carbonyl (C=O) groups is 2. The molecule has 34 heavy (non-hydrogen) atoms. The number of carbonyl (C=O) groups excluding carboxylic acids is 2. The van der Waals surface area contributed by atoms with Crippen LogP contribution in [0.4, 0.5) is 23.7 Å². The summed E-state index contributed by atoms with van der Waals surface area (Å²) in [6.45, 7) is -0.0132. The molecule has 4 rings (SSSR count). The van der Waals surface area contributed by atoms with Crippen LogP contribution in [0.25, 0.3) is 0 Å². The van der Waals surface area contributed by atoms with Gasteiger partial charge in [0.05, 0.1) is 22.7 Å². The number of hydrogen-bond donors (Lipinski definition) is 1. The molecular formula is C24H19F3N4O3. The molecule has 7 nitrogen and oxygen atoms in total. The number of aliphatic imine (C=N–C) groups is 1. The summed E-state index contributed by atoms with van der Waals surface area (Å²) in [6.07, 6.45) is -6.09. The lowest BCUT2D eigenvalue weighted by Crippen LogP contribution is -2.46. The Kier molecular flexibility index (Phi) is 6.31. The minimum atomic E-state index is -4.54. The molecule has 3 aromatic rings. The van der Waals surface area contributed by atoms with Crippen LogP contribution in [0.15, 0.2) is 77.9 Å². The van der Waals surface area contributed by atoms with Crippen molar-refractivity contribution in [1.82, 2.24) is 10.3 Å². The van der Waals surface area contributed by atoms with E-state index in [1.807, 2.05) is 6.07 Å². The predicted molar refractivity (Wildman–Crippen MR) is 118 cm³/mol. The number of halogens is 3. The molecule has 0 saturated heterocycles. The number of hydrogen-bond acceptors (Lipinski definition) is 5. The van der Waals surface area contributed by atoms with Crippen molar-refractivity contribution in [1.29, 1.82) is 0 Å².